The lowest BCUT2D eigenvalue weighted by atomic mass is 10.1. The summed E-state index contributed by atoms with van der Waals surface area (Å²) in [6.45, 7) is 0. The van der Waals surface area contributed by atoms with Crippen LogP contribution < -0.4 is 10.1 Å². The Morgan fingerprint density at radius 3 is 2.86 bits per heavy atom. The minimum absolute atomic E-state index is 0.0555. The highest BCUT2D eigenvalue weighted by Gasteiger charge is 2.23. The molecule has 2 aromatic rings. The maximum absolute atomic E-state index is 12.4. The van der Waals surface area contributed by atoms with Crippen molar-refractivity contribution in [1.82, 2.24) is 5.32 Å². The molecule has 1 aliphatic rings. The number of benzene rings is 2. The summed E-state index contributed by atoms with van der Waals surface area (Å²) in [5.41, 5.74) is 3.20. The lowest BCUT2D eigenvalue weighted by molar-refractivity contribution is 0.0936. The van der Waals surface area contributed by atoms with E-state index in [1.165, 1.54) is 11.1 Å². The van der Waals surface area contributed by atoms with Gasteiger partial charge < -0.3 is 10.1 Å². The van der Waals surface area contributed by atoms with Gasteiger partial charge in [0.2, 0.25) is 0 Å². The number of aryl methyl sites for hydroxylation is 1. The van der Waals surface area contributed by atoms with Gasteiger partial charge in [0.1, 0.15) is 5.75 Å². The van der Waals surface area contributed by atoms with Gasteiger partial charge >= 0.3 is 0 Å². The summed E-state index contributed by atoms with van der Waals surface area (Å²) in [6, 6.07) is 13.8. The topological polar surface area (TPSA) is 38.3 Å². The van der Waals surface area contributed by atoms with E-state index in [0.717, 1.165) is 23.1 Å². The van der Waals surface area contributed by atoms with Crippen molar-refractivity contribution in [2.45, 2.75) is 18.9 Å². The van der Waals surface area contributed by atoms with Crippen molar-refractivity contribution >= 4 is 21.8 Å². The number of fused-ring (bicyclic) bond motifs is 1. The Morgan fingerprint density at radius 2 is 2.10 bits per heavy atom. The predicted molar refractivity (Wildman–Crippen MR) is 85.7 cm³/mol. The Kier molecular flexibility index (Phi) is 3.97. The minimum atomic E-state index is -0.0555. The van der Waals surface area contributed by atoms with E-state index in [0.29, 0.717) is 5.56 Å². The zero-order valence-electron chi connectivity index (χ0n) is 11.7. The molecule has 0 bridgehead atoms. The van der Waals surface area contributed by atoms with Crippen LogP contribution in [0.25, 0.3) is 0 Å². The number of hydrogen-bond donors (Lipinski definition) is 1. The fourth-order valence-electron chi connectivity index (χ4n) is 2.76. The van der Waals surface area contributed by atoms with Gasteiger partial charge in [-0.05, 0) is 58.1 Å². The molecule has 0 heterocycles. The van der Waals surface area contributed by atoms with Crippen LogP contribution in [0.1, 0.15) is 33.9 Å². The van der Waals surface area contributed by atoms with E-state index in [9.17, 15) is 4.79 Å². The zero-order valence-corrected chi connectivity index (χ0v) is 13.3. The van der Waals surface area contributed by atoms with Gasteiger partial charge in [0.15, 0.2) is 0 Å². The van der Waals surface area contributed by atoms with E-state index in [1.54, 1.807) is 25.3 Å². The monoisotopic (exact) mass is 345 g/mol. The van der Waals surface area contributed by atoms with Crippen molar-refractivity contribution in [2.75, 3.05) is 7.11 Å². The molecule has 4 heteroatoms. The molecule has 1 atom stereocenters. The summed E-state index contributed by atoms with van der Waals surface area (Å²) < 4.78 is 5.96. The molecule has 2 aromatic carbocycles. The Morgan fingerprint density at radius 1 is 1.29 bits per heavy atom. The fraction of sp³-hybridized carbons (Fsp3) is 0.235. The minimum Gasteiger partial charge on any atom is -0.496 e. The first kappa shape index (κ1) is 14.1. The molecule has 1 aliphatic carbocycles. The quantitative estimate of drug-likeness (QED) is 0.916. The molecule has 0 saturated carbocycles. The highest BCUT2D eigenvalue weighted by Crippen LogP contribution is 2.31. The lowest BCUT2D eigenvalue weighted by Gasteiger charge is -2.14. The fourth-order valence-corrected chi connectivity index (χ4v) is 3.30. The lowest BCUT2D eigenvalue weighted by Crippen LogP contribution is -2.27. The SMILES string of the molecule is COc1ccc(C(=O)NC2CCc3ccccc32)cc1Br. The van der Waals surface area contributed by atoms with Crippen LogP contribution in [0, 0.1) is 0 Å². The molecule has 21 heavy (non-hydrogen) atoms. The largest absolute Gasteiger partial charge is 0.496 e. The zero-order chi connectivity index (χ0) is 14.8. The third-order valence-electron chi connectivity index (χ3n) is 3.85. The maximum atomic E-state index is 12.4. The summed E-state index contributed by atoms with van der Waals surface area (Å²) in [7, 11) is 1.61. The summed E-state index contributed by atoms with van der Waals surface area (Å²) in [5, 5.41) is 3.12. The van der Waals surface area contributed by atoms with Gasteiger partial charge in [-0.25, -0.2) is 0 Å². The van der Waals surface area contributed by atoms with Gasteiger partial charge in [0, 0.05) is 5.56 Å². The van der Waals surface area contributed by atoms with Crippen LogP contribution in [0.2, 0.25) is 0 Å². The van der Waals surface area contributed by atoms with Crippen LogP contribution in [0.4, 0.5) is 0 Å². The first-order valence-corrected chi connectivity index (χ1v) is 7.70. The molecule has 3 nitrogen and oxygen atoms in total. The van der Waals surface area contributed by atoms with Gasteiger partial charge in [-0.1, -0.05) is 24.3 Å². The highest BCUT2D eigenvalue weighted by molar-refractivity contribution is 9.10. The third-order valence-corrected chi connectivity index (χ3v) is 4.47. The number of amides is 1. The second-order valence-corrected chi connectivity index (χ2v) is 5.97. The Balaban J connectivity index is 1.77. The van der Waals surface area contributed by atoms with Crippen LogP contribution in [0.5, 0.6) is 5.75 Å². The van der Waals surface area contributed by atoms with Crippen LogP contribution in [-0.2, 0) is 6.42 Å². The van der Waals surface area contributed by atoms with Gasteiger partial charge in [-0.15, -0.1) is 0 Å². The number of carbonyl (C=O) groups is 1. The molecule has 1 N–H and O–H groups in total. The molecule has 1 unspecified atom stereocenters. The first-order valence-electron chi connectivity index (χ1n) is 6.91. The van der Waals surface area contributed by atoms with E-state index < -0.39 is 0 Å². The number of methoxy groups -OCH3 is 1. The number of halogens is 1. The van der Waals surface area contributed by atoms with Crippen LogP contribution in [0.15, 0.2) is 46.9 Å². The van der Waals surface area contributed by atoms with Crippen molar-refractivity contribution in [3.05, 3.63) is 63.6 Å². The number of hydrogen-bond acceptors (Lipinski definition) is 2. The van der Waals surface area contributed by atoms with E-state index in [1.807, 2.05) is 12.1 Å². The Labute approximate surface area is 132 Å². The smallest absolute Gasteiger partial charge is 0.251 e. The average molecular weight is 346 g/mol. The molecule has 108 valence electrons. The summed E-state index contributed by atoms with van der Waals surface area (Å²) in [6.07, 6.45) is 1.98. The van der Waals surface area contributed by atoms with E-state index in [-0.39, 0.29) is 11.9 Å². The maximum Gasteiger partial charge on any atom is 0.251 e. The third kappa shape index (κ3) is 2.81. The first-order chi connectivity index (χ1) is 10.2. The van der Waals surface area contributed by atoms with Crippen molar-refractivity contribution in [1.29, 1.82) is 0 Å². The van der Waals surface area contributed by atoms with E-state index in [4.69, 9.17) is 4.74 Å². The molecule has 0 saturated heterocycles. The Hall–Kier alpha value is -1.81. The Bertz CT molecular complexity index is 684. The van der Waals surface area contributed by atoms with Crippen LogP contribution >= 0.6 is 15.9 Å². The van der Waals surface area contributed by atoms with Crippen LogP contribution in [-0.4, -0.2) is 13.0 Å². The van der Waals surface area contributed by atoms with Crippen molar-refractivity contribution < 1.29 is 9.53 Å². The number of ether oxygens (including phenoxy) is 1. The molecule has 1 amide bonds. The molecule has 3 rings (SSSR count). The van der Waals surface area contributed by atoms with E-state index in [2.05, 4.69) is 33.4 Å². The van der Waals surface area contributed by atoms with Gasteiger partial charge in [-0.3, -0.25) is 4.79 Å². The summed E-state index contributed by atoms with van der Waals surface area (Å²) in [4.78, 5) is 12.4. The molecular formula is C17H16BrNO2. The standard InChI is InChI=1S/C17H16BrNO2/c1-21-16-9-7-12(10-14(16)18)17(20)19-15-8-6-11-4-2-3-5-13(11)15/h2-5,7,9-10,15H,6,8H2,1H3,(H,19,20). The van der Waals surface area contributed by atoms with Gasteiger partial charge in [0.25, 0.3) is 5.91 Å². The van der Waals surface area contributed by atoms with Gasteiger partial charge in [0.05, 0.1) is 17.6 Å². The second kappa shape index (κ2) is 5.90. The number of carbonyl (C=O) groups excluding carboxylic acids is 1. The van der Waals surface area contributed by atoms with Crippen molar-refractivity contribution in [3.63, 3.8) is 0 Å². The second-order valence-electron chi connectivity index (χ2n) is 5.11. The summed E-state index contributed by atoms with van der Waals surface area (Å²) in [5.74, 6) is 0.665. The molecular weight excluding hydrogens is 330 g/mol. The average Bonchev–Trinajstić information content (AvgIpc) is 2.90. The molecule has 0 spiro atoms. The van der Waals surface area contributed by atoms with E-state index >= 15 is 0 Å². The predicted octanol–water partition coefficient (Wildman–Crippen LogP) is 3.88. The van der Waals surface area contributed by atoms with Gasteiger partial charge in [-0.2, -0.15) is 0 Å². The molecule has 0 aromatic heterocycles. The van der Waals surface area contributed by atoms with Crippen LogP contribution in [0.3, 0.4) is 0 Å². The summed E-state index contributed by atoms with van der Waals surface area (Å²) >= 11 is 3.41. The highest BCUT2D eigenvalue weighted by atomic mass is 79.9. The molecule has 0 aliphatic heterocycles. The molecule has 0 radical (unpaired) electrons. The normalized spacial score (nSPS) is 16.4. The number of nitrogens with one attached hydrogen (secondary N) is 1. The van der Waals surface area contributed by atoms with Crippen molar-refractivity contribution in [3.8, 4) is 5.75 Å². The molecule has 0 fully saturated rings. The van der Waals surface area contributed by atoms with Crippen molar-refractivity contribution in [2.24, 2.45) is 0 Å². The number of rotatable bonds is 3.